The first kappa shape index (κ1) is 19.2. The number of nitrogens with zero attached hydrogens (tertiary/aromatic N) is 2. The molecule has 0 aromatic carbocycles. The Bertz CT molecular complexity index is 795. The van der Waals surface area contributed by atoms with Crippen molar-refractivity contribution in [3.63, 3.8) is 0 Å². The van der Waals surface area contributed by atoms with Gasteiger partial charge in [-0.15, -0.1) is 35.5 Å². The van der Waals surface area contributed by atoms with E-state index in [-0.39, 0.29) is 34.2 Å². The Balaban J connectivity index is 0.00000225. The number of thiazole rings is 1. The summed E-state index contributed by atoms with van der Waals surface area (Å²) in [6.07, 6.45) is 1.47. The van der Waals surface area contributed by atoms with Crippen LogP contribution in [-0.4, -0.2) is 55.2 Å². The Morgan fingerprint density at radius 1 is 1.40 bits per heavy atom. The number of Topliss-reactive ketones (excluding diaryl/α,β-unsaturated/α-hetero) is 1. The molecule has 2 aliphatic rings. The van der Waals surface area contributed by atoms with E-state index in [1.807, 2.05) is 0 Å². The number of carboxylic acids is 1. The fourth-order valence-electron chi connectivity index (χ4n) is 2.44. The van der Waals surface area contributed by atoms with E-state index in [0.29, 0.717) is 0 Å². The molecule has 0 aliphatic carbocycles. The number of nitrogens with one attached hydrogen (secondary N) is 1. The van der Waals surface area contributed by atoms with Crippen LogP contribution in [0.25, 0.3) is 0 Å². The number of amides is 2. The fraction of sp³-hybridized carbons (Fsp3) is 0.308. The van der Waals surface area contributed by atoms with Gasteiger partial charge >= 0.3 is 5.97 Å². The van der Waals surface area contributed by atoms with Gasteiger partial charge in [0.1, 0.15) is 22.8 Å². The number of carboxylic acid groups (broad SMARTS) is 1. The maximum atomic E-state index is 12.2. The molecule has 0 bridgehead atoms. The summed E-state index contributed by atoms with van der Waals surface area (Å²) in [5, 5.41) is 12.3. The number of nitrogens with two attached hydrogens (primary N) is 1. The number of aliphatic carboxylic acids is 1. The third kappa shape index (κ3) is 3.34. The molecule has 1 fully saturated rings. The highest BCUT2D eigenvalue weighted by Gasteiger charge is 2.54. The largest absolute Gasteiger partial charge is 0.477 e. The third-order valence-corrected chi connectivity index (χ3v) is 5.52. The molecule has 2 aliphatic heterocycles. The first-order chi connectivity index (χ1) is 11.3. The zero-order valence-corrected chi connectivity index (χ0v) is 15.1. The normalized spacial score (nSPS) is 24.4. The molecule has 3 rings (SSSR count). The van der Waals surface area contributed by atoms with Crippen LogP contribution in [0.5, 0.6) is 0 Å². The van der Waals surface area contributed by atoms with Gasteiger partial charge in [0.2, 0.25) is 0 Å². The van der Waals surface area contributed by atoms with E-state index in [1.165, 1.54) is 23.2 Å². The number of carbonyl (C=O) groups is 4. The summed E-state index contributed by atoms with van der Waals surface area (Å²) < 4.78 is 0. The molecule has 0 spiro atoms. The number of fused-ring (bicyclic) bond motifs is 1. The lowest BCUT2D eigenvalue weighted by atomic mass is 10.0. The van der Waals surface area contributed by atoms with E-state index in [1.54, 1.807) is 6.92 Å². The van der Waals surface area contributed by atoms with Gasteiger partial charge in [0.25, 0.3) is 17.6 Å². The number of anilines is 1. The lowest BCUT2D eigenvalue weighted by Gasteiger charge is -2.49. The van der Waals surface area contributed by atoms with E-state index in [0.717, 1.165) is 16.2 Å². The van der Waals surface area contributed by atoms with Gasteiger partial charge in [-0.05, 0) is 13.0 Å². The lowest BCUT2D eigenvalue weighted by molar-refractivity contribution is -0.150. The molecule has 0 radical (unpaired) electrons. The maximum absolute atomic E-state index is 12.2. The van der Waals surface area contributed by atoms with Crippen molar-refractivity contribution < 1.29 is 24.3 Å². The van der Waals surface area contributed by atoms with Crippen molar-refractivity contribution in [2.45, 2.75) is 23.6 Å². The topological polar surface area (TPSA) is 143 Å². The summed E-state index contributed by atoms with van der Waals surface area (Å²) in [5.74, 6) is -3.64. The number of thioether (sulfide) groups is 1. The van der Waals surface area contributed by atoms with Crippen molar-refractivity contribution in [3.8, 4) is 0 Å². The van der Waals surface area contributed by atoms with Crippen molar-refractivity contribution >= 4 is 64.2 Å². The second kappa shape index (κ2) is 7.02. The average molecular weight is 405 g/mol. The Kier molecular flexibility index (Phi) is 5.40. The van der Waals surface area contributed by atoms with Gasteiger partial charge in [0, 0.05) is 10.6 Å². The monoisotopic (exact) mass is 404 g/mol. The van der Waals surface area contributed by atoms with Crippen molar-refractivity contribution in [1.29, 1.82) is 0 Å². The van der Waals surface area contributed by atoms with Crippen LogP contribution in [-0.2, 0) is 14.4 Å². The number of rotatable bonds is 4. The van der Waals surface area contributed by atoms with Gasteiger partial charge in [-0.3, -0.25) is 19.3 Å². The highest BCUT2D eigenvalue weighted by molar-refractivity contribution is 8.00. The fourth-order valence-corrected chi connectivity index (χ4v) is 4.31. The van der Waals surface area contributed by atoms with E-state index < -0.39 is 35.0 Å². The Morgan fingerprint density at radius 3 is 2.64 bits per heavy atom. The summed E-state index contributed by atoms with van der Waals surface area (Å²) in [4.78, 5) is 52.2. The number of nitrogen functional groups attached to an aromatic ring is 1. The Hall–Kier alpha value is -2.11. The predicted octanol–water partition coefficient (Wildman–Crippen LogP) is 0.0867. The number of halogens is 1. The van der Waals surface area contributed by atoms with Gasteiger partial charge in [-0.1, -0.05) is 0 Å². The molecule has 1 aromatic rings. The van der Waals surface area contributed by atoms with E-state index >= 15 is 0 Å². The van der Waals surface area contributed by atoms with Crippen LogP contribution < -0.4 is 11.1 Å². The van der Waals surface area contributed by atoms with Crippen LogP contribution in [0.3, 0.4) is 0 Å². The van der Waals surface area contributed by atoms with Crippen LogP contribution >= 0.6 is 35.5 Å². The van der Waals surface area contributed by atoms with Crippen LogP contribution in [0.4, 0.5) is 5.13 Å². The molecule has 134 valence electrons. The van der Waals surface area contributed by atoms with Crippen molar-refractivity contribution in [2.75, 3.05) is 5.73 Å². The smallest absolute Gasteiger partial charge is 0.352 e. The molecule has 25 heavy (non-hydrogen) atoms. The SMILES string of the molecule is CC1C=C(C(=O)O)N2C(=O)C(NC(=O)C(=O)c3csc(N)n3)[C@H]2S1.Cl. The van der Waals surface area contributed by atoms with Gasteiger partial charge in [0.15, 0.2) is 5.13 Å². The molecule has 1 saturated heterocycles. The molecule has 1 aromatic heterocycles. The van der Waals surface area contributed by atoms with Gasteiger partial charge in [-0.25, -0.2) is 9.78 Å². The van der Waals surface area contributed by atoms with Crippen molar-refractivity contribution in [3.05, 3.63) is 22.8 Å². The number of hydrogen-bond donors (Lipinski definition) is 3. The van der Waals surface area contributed by atoms with E-state index in [2.05, 4.69) is 10.3 Å². The molecule has 2 unspecified atom stereocenters. The van der Waals surface area contributed by atoms with Gasteiger partial charge < -0.3 is 16.2 Å². The lowest BCUT2D eigenvalue weighted by Crippen LogP contribution is -2.71. The summed E-state index contributed by atoms with van der Waals surface area (Å²) in [6.45, 7) is 1.79. The molecule has 0 saturated carbocycles. The molecular weight excluding hydrogens is 392 g/mol. The number of aromatic nitrogens is 1. The van der Waals surface area contributed by atoms with Crippen molar-refractivity contribution in [1.82, 2.24) is 15.2 Å². The average Bonchev–Trinajstić information content (AvgIpc) is 2.96. The molecule has 3 heterocycles. The summed E-state index contributed by atoms with van der Waals surface area (Å²) in [7, 11) is 0. The van der Waals surface area contributed by atoms with Crippen LogP contribution in [0.1, 0.15) is 17.4 Å². The second-order valence-corrected chi connectivity index (χ2v) is 7.54. The molecule has 4 N–H and O–H groups in total. The highest BCUT2D eigenvalue weighted by Crippen LogP contribution is 2.40. The quantitative estimate of drug-likeness (QED) is 0.364. The maximum Gasteiger partial charge on any atom is 0.352 e. The highest BCUT2D eigenvalue weighted by atomic mass is 35.5. The van der Waals surface area contributed by atoms with Gasteiger partial charge in [0.05, 0.1) is 0 Å². The Labute approximate surface area is 156 Å². The molecular formula is C13H13ClN4O5S2. The Morgan fingerprint density at radius 2 is 2.08 bits per heavy atom. The molecule has 9 nitrogen and oxygen atoms in total. The number of hydrogen-bond acceptors (Lipinski definition) is 8. The minimum absolute atomic E-state index is 0. The molecule has 3 atom stereocenters. The van der Waals surface area contributed by atoms with Crippen molar-refractivity contribution in [2.24, 2.45) is 0 Å². The standard InChI is InChI=1S/C13H12N4O5S2.ClH/c1-4-2-6(12(21)22)17-10(20)7(11(17)24-4)16-9(19)8(18)5-3-23-13(14)15-5;/h2-4,7,11H,1H3,(H2,14,15)(H,16,19)(H,21,22);1H/t4?,7?,11-;/m1./s1. The molecule has 12 heteroatoms. The third-order valence-electron chi connectivity index (χ3n) is 3.52. The minimum Gasteiger partial charge on any atom is -0.477 e. The van der Waals surface area contributed by atoms with Crippen LogP contribution in [0.15, 0.2) is 17.2 Å². The minimum atomic E-state index is -1.21. The number of carbonyl (C=O) groups excluding carboxylic acids is 3. The second-order valence-electron chi connectivity index (χ2n) is 5.15. The van der Waals surface area contributed by atoms with Gasteiger partial charge in [-0.2, -0.15) is 0 Å². The summed E-state index contributed by atoms with van der Waals surface area (Å²) >= 11 is 2.35. The zero-order chi connectivity index (χ0) is 17.6. The van der Waals surface area contributed by atoms with E-state index in [9.17, 15) is 24.3 Å². The van der Waals surface area contributed by atoms with E-state index in [4.69, 9.17) is 5.73 Å². The zero-order valence-electron chi connectivity index (χ0n) is 12.7. The first-order valence-corrected chi connectivity index (χ1v) is 8.61. The van der Waals surface area contributed by atoms with Crippen LogP contribution in [0.2, 0.25) is 0 Å². The number of β-lactam (4-membered cyclic amide) rings is 1. The summed E-state index contributed by atoms with van der Waals surface area (Å²) in [5.41, 5.74) is 5.22. The first-order valence-electron chi connectivity index (χ1n) is 6.79. The molecule has 2 amide bonds. The van der Waals surface area contributed by atoms with Crippen LogP contribution in [0, 0.1) is 0 Å². The number of ketones is 1. The summed E-state index contributed by atoms with van der Waals surface area (Å²) in [6, 6.07) is -0.951. The predicted molar refractivity (Wildman–Crippen MR) is 93.4 cm³/mol.